The van der Waals surface area contributed by atoms with Gasteiger partial charge in [-0.3, -0.25) is 4.79 Å². The summed E-state index contributed by atoms with van der Waals surface area (Å²) < 4.78 is 13.2. The average molecular weight is 288 g/mol. The van der Waals surface area contributed by atoms with Gasteiger partial charge in [-0.2, -0.15) is 0 Å². The van der Waals surface area contributed by atoms with Crippen molar-refractivity contribution in [3.8, 4) is 0 Å². The second kappa shape index (κ2) is 5.79. The summed E-state index contributed by atoms with van der Waals surface area (Å²) >= 11 is 4.93. The lowest BCUT2D eigenvalue weighted by Crippen LogP contribution is -2.18. The Labute approximate surface area is 121 Å². The van der Waals surface area contributed by atoms with Gasteiger partial charge in [0.25, 0.3) is 5.91 Å². The average Bonchev–Trinajstić information content (AvgIpc) is 2.41. The molecular formula is C15H13FN2OS. The molecule has 3 nitrogen and oxygen atoms in total. The summed E-state index contributed by atoms with van der Waals surface area (Å²) in [6.45, 7) is 1.74. The van der Waals surface area contributed by atoms with E-state index in [1.165, 1.54) is 12.1 Å². The molecule has 0 bridgehead atoms. The van der Waals surface area contributed by atoms with E-state index in [0.29, 0.717) is 16.8 Å². The first-order valence-corrected chi connectivity index (χ1v) is 6.36. The summed E-state index contributed by atoms with van der Waals surface area (Å²) in [5.74, 6) is -0.853. The summed E-state index contributed by atoms with van der Waals surface area (Å²) in [5.41, 5.74) is 7.66. The molecule has 0 aliphatic carbocycles. The van der Waals surface area contributed by atoms with Crippen molar-refractivity contribution in [2.75, 3.05) is 5.32 Å². The van der Waals surface area contributed by atoms with Crippen LogP contribution >= 0.6 is 12.2 Å². The maximum atomic E-state index is 13.2. The number of amides is 1. The van der Waals surface area contributed by atoms with E-state index < -0.39 is 11.7 Å². The number of para-hydroxylation sites is 1. The van der Waals surface area contributed by atoms with Crippen molar-refractivity contribution in [1.29, 1.82) is 0 Å². The van der Waals surface area contributed by atoms with Gasteiger partial charge in [-0.25, -0.2) is 4.39 Å². The predicted octanol–water partition coefficient (Wildman–Crippen LogP) is 3.02. The predicted molar refractivity (Wildman–Crippen MR) is 81.4 cm³/mol. The van der Waals surface area contributed by atoms with Gasteiger partial charge in [-0.1, -0.05) is 30.4 Å². The van der Waals surface area contributed by atoms with Crippen LogP contribution in [0.15, 0.2) is 42.5 Å². The van der Waals surface area contributed by atoms with Crippen LogP contribution in [0.1, 0.15) is 21.5 Å². The van der Waals surface area contributed by atoms with E-state index in [9.17, 15) is 9.18 Å². The highest BCUT2D eigenvalue weighted by atomic mass is 32.1. The minimum absolute atomic E-state index is 0.192. The molecule has 102 valence electrons. The normalized spacial score (nSPS) is 10.1. The van der Waals surface area contributed by atoms with Crippen molar-refractivity contribution < 1.29 is 9.18 Å². The standard InChI is InChI=1S/C15H13FN2OS/c1-9-6-7-10(16)8-12(9)15(19)18-13-5-3-2-4-11(13)14(17)20/h2-8H,1H3,(H2,17,20)(H,18,19). The van der Waals surface area contributed by atoms with E-state index in [1.807, 2.05) is 0 Å². The molecule has 2 aromatic carbocycles. The van der Waals surface area contributed by atoms with Crippen LogP contribution in [-0.4, -0.2) is 10.9 Å². The molecule has 0 heterocycles. The molecule has 0 aromatic heterocycles. The van der Waals surface area contributed by atoms with Crippen LogP contribution in [0.25, 0.3) is 0 Å². The topological polar surface area (TPSA) is 55.1 Å². The molecule has 0 aliphatic heterocycles. The number of carbonyl (C=O) groups is 1. The number of aryl methyl sites for hydroxylation is 1. The molecule has 5 heteroatoms. The van der Waals surface area contributed by atoms with E-state index >= 15 is 0 Å². The Hall–Kier alpha value is -2.27. The molecule has 0 saturated carbocycles. The molecule has 0 radical (unpaired) electrons. The van der Waals surface area contributed by atoms with Gasteiger partial charge in [0.1, 0.15) is 10.8 Å². The maximum absolute atomic E-state index is 13.2. The number of hydrogen-bond acceptors (Lipinski definition) is 2. The first kappa shape index (κ1) is 14.1. The van der Waals surface area contributed by atoms with E-state index in [1.54, 1.807) is 37.3 Å². The third kappa shape index (κ3) is 3.00. The van der Waals surface area contributed by atoms with Crippen LogP contribution in [0.5, 0.6) is 0 Å². The maximum Gasteiger partial charge on any atom is 0.256 e. The lowest BCUT2D eigenvalue weighted by atomic mass is 10.1. The lowest BCUT2D eigenvalue weighted by molar-refractivity contribution is 0.102. The molecule has 0 aliphatic rings. The largest absolute Gasteiger partial charge is 0.389 e. The fourth-order valence-corrected chi connectivity index (χ4v) is 2.01. The van der Waals surface area contributed by atoms with Crippen molar-refractivity contribution in [2.24, 2.45) is 5.73 Å². The first-order valence-electron chi connectivity index (χ1n) is 5.95. The van der Waals surface area contributed by atoms with Crippen LogP contribution in [0.3, 0.4) is 0 Å². The second-order valence-corrected chi connectivity index (χ2v) is 4.76. The van der Waals surface area contributed by atoms with Crippen molar-refractivity contribution >= 4 is 28.8 Å². The Balaban J connectivity index is 2.33. The molecule has 0 spiro atoms. The third-order valence-electron chi connectivity index (χ3n) is 2.88. The first-order chi connectivity index (χ1) is 9.49. The minimum atomic E-state index is -0.455. The summed E-state index contributed by atoms with van der Waals surface area (Å²) in [6.07, 6.45) is 0. The molecule has 0 saturated heterocycles. The third-order valence-corrected chi connectivity index (χ3v) is 3.10. The molecule has 20 heavy (non-hydrogen) atoms. The van der Waals surface area contributed by atoms with Crippen LogP contribution < -0.4 is 11.1 Å². The Bertz CT molecular complexity index is 685. The number of carbonyl (C=O) groups excluding carboxylic acids is 1. The van der Waals surface area contributed by atoms with Crippen LogP contribution in [0.2, 0.25) is 0 Å². The van der Waals surface area contributed by atoms with E-state index in [0.717, 1.165) is 0 Å². The number of rotatable bonds is 3. The molecular weight excluding hydrogens is 275 g/mol. The van der Waals surface area contributed by atoms with Crippen LogP contribution in [-0.2, 0) is 0 Å². The van der Waals surface area contributed by atoms with Gasteiger partial charge in [-0.05, 0) is 36.8 Å². The summed E-state index contributed by atoms with van der Waals surface area (Å²) in [4.78, 5) is 12.4. The molecule has 1 amide bonds. The fraction of sp³-hybridized carbons (Fsp3) is 0.0667. The summed E-state index contributed by atoms with van der Waals surface area (Å²) in [7, 11) is 0. The van der Waals surface area contributed by atoms with Gasteiger partial charge in [0, 0.05) is 11.1 Å². The quantitative estimate of drug-likeness (QED) is 0.854. The number of thiocarbonyl (C=S) groups is 1. The molecule has 0 atom stereocenters. The zero-order valence-electron chi connectivity index (χ0n) is 10.8. The van der Waals surface area contributed by atoms with Gasteiger partial charge < -0.3 is 11.1 Å². The van der Waals surface area contributed by atoms with Gasteiger partial charge >= 0.3 is 0 Å². The van der Waals surface area contributed by atoms with Crippen LogP contribution in [0.4, 0.5) is 10.1 Å². The zero-order chi connectivity index (χ0) is 14.7. The molecule has 0 unspecified atom stereocenters. The van der Waals surface area contributed by atoms with Gasteiger partial charge in [0.05, 0.1) is 5.69 Å². The Morgan fingerprint density at radius 1 is 1.20 bits per heavy atom. The molecule has 3 N–H and O–H groups in total. The van der Waals surface area contributed by atoms with E-state index in [4.69, 9.17) is 18.0 Å². The Morgan fingerprint density at radius 3 is 2.60 bits per heavy atom. The zero-order valence-corrected chi connectivity index (χ0v) is 11.6. The highest BCUT2D eigenvalue weighted by Crippen LogP contribution is 2.18. The van der Waals surface area contributed by atoms with Crippen molar-refractivity contribution in [2.45, 2.75) is 6.92 Å². The second-order valence-electron chi connectivity index (χ2n) is 4.32. The molecule has 2 aromatic rings. The summed E-state index contributed by atoms with van der Waals surface area (Å²) in [6, 6.07) is 11.0. The van der Waals surface area contributed by atoms with Gasteiger partial charge in [0.15, 0.2) is 0 Å². The van der Waals surface area contributed by atoms with E-state index in [2.05, 4.69) is 5.32 Å². The number of halogens is 1. The summed E-state index contributed by atoms with van der Waals surface area (Å²) in [5, 5.41) is 2.70. The number of hydrogen-bond donors (Lipinski definition) is 2. The molecule has 2 rings (SSSR count). The fourth-order valence-electron chi connectivity index (χ4n) is 1.84. The Morgan fingerprint density at radius 2 is 1.90 bits per heavy atom. The van der Waals surface area contributed by atoms with E-state index in [-0.39, 0.29) is 10.6 Å². The van der Waals surface area contributed by atoms with Crippen LogP contribution in [0, 0.1) is 12.7 Å². The number of anilines is 1. The minimum Gasteiger partial charge on any atom is -0.389 e. The Kier molecular flexibility index (Phi) is 4.10. The highest BCUT2D eigenvalue weighted by molar-refractivity contribution is 7.80. The number of nitrogens with two attached hydrogens (primary N) is 1. The van der Waals surface area contributed by atoms with Gasteiger partial charge in [0.2, 0.25) is 0 Å². The monoisotopic (exact) mass is 288 g/mol. The number of nitrogens with one attached hydrogen (secondary N) is 1. The SMILES string of the molecule is Cc1ccc(F)cc1C(=O)Nc1ccccc1C(N)=S. The van der Waals surface area contributed by atoms with Crippen molar-refractivity contribution in [3.63, 3.8) is 0 Å². The van der Waals surface area contributed by atoms with Gasteiger partial charge in [-0.15, -0.1) is 0 Å². The number of benzene rings is 2. The van der Waals surface area contributed by atoms with Crippen molar-refractivity contribution in [1.82, 2.24) is 0 Å². The molecule has 0 fully saturated rings. The highest BCUT2D eigenvalue weighted by Gasteiger charge is 2.13. The van der Waals surface area contributed by atoms with Crippen molar-refractivity contribution in [3.05, 3.63) is 65.0 Å². The lowest BCUT2D eigenvalue weighted by Gasteiger charge is -2.11. The smallest absolute Gasteiger partial charge is 0.256 e.